The van der Waals surface area contributed by atoms with Crippen LogP contribution in [0.25, 0.3) is 0 Å². The third kappa shape index (κ3) is 7.27. The number of ether oxygens (including phenoxy) is 2. The maximum absolute atomic E-state index is 12.2. The van der Waals surface area contributed by atoms with Gasteiger partial charge in [0.05, 0.1) is 13.7 Å². The van der Waals surface area contributed by atoms with Crippen LogP contribution in [0.4, 0.5) is 16.2 Å². The molecule has 9 heteroatoms. The summed E-state index contributed by atoms with van der Waals surface area (Å²) in [6.07, 6.45) is 0.852. The zero-order valence-electron chi connectivity index (χ0n) is 19.1. The van der Waals surface area contributed by atoms with Crippen LogP contribution >= 0.6 is 11.6 Å². The maximum atomic E-state index is 12.2. The Morgan fingerprint density at radius 3 is 2.45 bits per heavy atom. The van der Waals surface area contributed by atoms with Gasteiger partial charge in [-0.05, 0) is 62.4 Å². The highest BCUT2D eigenvalue weighted by Gasteiger charge is 2.17. The molecule has 0 saturated carbocycles. The fourth-order valence-corrected chi connectivity index (χ4v) is 3.84. The van der Waals surface area contributed by atoms with Gasteiger partial charge in [-0.1, -0.05) is 11.6 Å². The lowest BCUT2D eigenvalue weighted by atomic mass is 10.1. The van der Waals surface area contributed by atoms with Crippen molar-refractivity contribution in [1.29, 1.82) is 0 Å². The molecule has 1 aliphatic rings. The molecule has 1 heterocycles. The number of benzene rings is 2. The summed E-state index contributed by atoms with van der Waals surface area (Å²) in [6, 6.07) is 12.5. The van der Waals surface area contributed by atoms with Gasteiger partial charge < -0.3 is 25.0 Å². The van der Waals surface area contributed by atoms with Crippen LogP contribution in [0, 0.1) is 0 Å². The molecule has 1 aliphatic heterocycles. The number of piperazine rings is 1. The molecule has 0 bridgehead atoms. The standard InChI is InChI=1S/C24H31ClN4O4/c1-3-33-23(30)21-17-19(7-10-22(21)32-2)27-24(31)26-11-4-12-28-13-15-29(16-14-28)20-8-5-18(25)6-9-20/h5-10,17H,3-4,11-16H2,1-2H3,(H2,26,27,31). The number of halogens is 1. The van der Waals surface area contributed by atoms with Crippen molar-refractivity contribution in [2.24, 2.45) is 0 Å². The van der Waals surface area contributed by atoms with Crippen molar-refractivity contribution in [1.82, 2.24) is 10.2 Å². The highest BCUT2D eigenvalue weighted by molar-refractivity contribution is 6.30. The number of nitrogens with zero attached hydrogens (tertiary/aromatic N) is 2. The normalized spacial score (nSPS) is 14.0. The summed E-state index contributed by atoms with van der Waals surface area (Å²) in [6.45, 7) is 7.38. The largest absolute Gasteiger partial charge is 0.496 e. The molecule has 0 unspecified atom stereocenters. The molecule has 2 amide bonds. The minimum Gasteiger partial charge on any atom is -0.496 e. The van der Waals surface area contributed by atoms with Crippen LogP contribution in [0.1, 0.15) is 23.7 Å². The second-order valence-electron chi connectivity index (χ2n) is 7.68. The van der Waals surface area contributed by atoms with E-state index in [2.05, 4.69) is 32.6 Å². The lowest BCUT2D eigenvalue weighted by molar-refractivity contribution is 0.0522. The first kappa shape index (κ1) is 24.7. The molecule has 1 saturated heterocycles. The van der Waals surface area contributed by atoms with Crippen LogP contribution in [0.3, 0.4) is 0 Å². The van der Waals surface area contributed by atoms with E-state index in [9.17, 15) is 9.59 Å². The summed E-state index contributed by atoms with van der Waals surface area (Å²) in [5.74, 6) is -0.0925. The van der Waals surface area contributed by atoms with Crippen LogP contribution in [0.2, 0.25) is 5.02 Å². The summed E-state index contributed by atoms with van der Waals surface area (Å²) in [4.78, 5) is 29.1. The van der Waals surface area contributed by atoms with Crippen molar-refractivity contribution in [3.8, 4) is 5.75 Å². The lowest BCUT2D eigenvalue weighted by Gasteiger charge is -2.36. The Labute approximate surface area is 199 Å². The number of methoxy groups -OCH3 is 1. The van der Waals surface area contributed by atoms with Gasteiger partial charge in [0.1, 0.15) is 11.3 Å². The van der Waals surface area contributed by atoms with Crippen LogP contribution in [0.15, 0.2) is 42.5 Å². The van der Waals surface area contributed by atoms with E-state index in [4.69, 9.17) is 21.1 Å². The quantitative estimate of drug-likeness (QED) is 0.424. The minimum atomic E-state index is -0.491. The molecule has 8 nitrogen and oxygen atoms in total. The highest BCUT2D eigenvalue weighted by atomic mass is 35.5. The molecule has 2 aromatic rings. The van der Waals surface area contributed by atoms with E-state index in [1.54, 1.807) is 25.1 Å². The third-order valence-corrected chi connectivity index (χ3v) is 5.71. The van der Waals surface area contributed by atoms with Gasteiger partial charge in [0.25, 0.3) is 0 Å². The predicted octanol–water partition coefficient (Wildman–Crippen LogP) is 3.86. The second kappa shape index (κ2) is 12.3. The number of rotatable bonds is 9. The molecule has 178 valence electrons. The average Bonchev–Trinajstić information content (AvgIpc) is 2.83. The van der Waals surface area contributed by atoms with Gasteiger partial charge in [-0.3, -0.25) is 4.90 Å². The van der Waals surface area contributed by atoms with E-state index in [1.807, 2.05) is 12.1 Å². The molecule has 0 radical (unpaired) electrons. The van der Waals surface area contributed by atoms with Crippen molar-refractivity contribution < 1.29 is 19.1 Å². The van der Waals surface area contributed by atoms with Gasteiger partial charge in [-0.2, -0.15) is 0 Å². The third-order valence-electron chi connectivity index (χ3n) is 5.45. The van der Waals surface area contributed by atoms with Crippen molar-refractivity contribution in [2.45, 2.75) is 13.3 Å². The van der Waals surface area contributed by atoms with Crippen molar-refractivity contribution in [2.75, 3.05) is 63.2 Å². The summed E-state index contributed by atoms with van der Waals surface area (Å²) in [7, 11) is 1.48. The SMILES string of the molecule is CCOC(=O)c1cc(NC(=O)NCCCN2CCN(c3ccc(Cl)cc3)CC2)ccc1OC. The molecule has 3 rings (SSSR count). The molecule has 0 atom stereocenters. The Kier molecular flexibility index (Phi) is 9.21. The van der Waals surface area contributed by atoms with E-state index in [0.29, 0.717) is 18.0 Å². The summed E-state index contributed by atoms with van der Waals surface area (Å²) < 4.78 is 10.2. The van der Waals surface area contributed by atoms with Crippen molar-refractivity contribution >= 4 is 35.0 Å². The summed E-state index contributed by atoms with van der Waals surface area (Å²) in [5.41, 5.74) is 1.96. The number of carbonyl (C=O) groups excluding carboxylic acids is 2. The zero-order chi connectivity index (χ0) is 23.6. The van der Waals surface area contributed by atoms with E-state index in [0.717, 1.165) is 44.2 Å². The number of anilines is 2. The number of amides is 2. The van der Waals surface area contributed by atoms with E-state index >= 15 is 0 Å². The maximum Gasteiger partial charge on any atom is 0.341 e. The van der Waals surface area contributed by atoms with Gasteiger partial charge in [0, 0.05) is 49.1 Å². The minimum absolute atomic E-state index is 0.260. The molecule has 0 aromatic heterocycles. The number of hydrogen-bond donors (Lipinski definition) is 2. The number of esters is 1. The first-order valence-corrected chi connectivity index (χ1v) is 11.5. The number of hydrogen-bond acceptors (Lipinski definition) is 6. The molecule has 2 N–H and O–H groups in total. The summed E-state index contributed by atoms with van der Waals surface area (Å²) in [5, 5.41) is 6.37. The molecule has 1 fully saturated rings. The molecule has 0 spiro atoms. The Morgan fingerprint density at radius 1 is 1.06 bits per heavy atom. The first-order chi connectivity index (χ1) is 16.0. The molecule has 2 aromatic carbocycles. The fraction of sp³-hybridized carbons (Fsp3) is 0.417. The van der Waals surface area contributed by atoms with E-state index < -0.39 is 5.97 Å². The molecular formula is C24H31ClN4O4. The second-order valence-corrected chi connectivity index (χ2v) is 8.11. The average molecular weight is 475 g/mol. The molecular weight excluding hydrogens is 444 g/mol. The van der Waals surface area contributed by atoms with Crippen LogP contribution in [-0.2, 0) is 4.74 Å². The Bertz CT molecular complexity index is 931. The van der Waals surface area contributed by atoms with Crippen molar-refractivity contribution in [3.05, 3.63) is 53.1 Å². The van der Waals surface area contributed by atoms with Crippen molar-refractivity contribution in [3.63, 3.8) is 0 Å². The first-order valence-electron chi connectivity index (χ1n) is 11.1. The van der Waals surface area contributed by atoms with Gasteiger partial charge in [-0.25, -0.2) is 9.59 Å². The number of urea groups is 1. The Hall–Kier alpha value is -2.97. The predicted molar refractivity (Wildman–Crippen MR) is 131 cm³/mol. The highest BCUT2D eigenvalue weighted by Crippen LogP contribution is 2.23. The van der Waals surface area contributed by atoms with Crippen LogP contribution < -0.4 is 20.3 Å². The topological polar surface area (TPSA) is 83.1 Å². The Morgan fingerprint density at radius 2 is 1.79 bits per heavy atom. The van der Waals surface area contributed by atoms with Gasteiger partial charge in [-0.15, -0.1) is 0 Å². The van der Waals surface area contributed by atoms with Crippen LogP contribution in [0.5, 0.6) is 5.75 Å². The Balaban J connectivity index is 1.37. The lowest BCUT2D eigenvalue weighted by Crippen LogP contribution is -2.47. The summed E-state index contributed by atoms with van der Waals surface area (Å²) >= 11 is 5.97. The van der Waals surface area contributed by atoms with Gasteiger partial charge in [0.2, 0.25) is 0 Å². The zero-order valence-corrected chi connectivity index (χ0v) is 19.9. The number of carbonyl (C=O) groups is 2. The van der Waals surface area contributed by atoms with Crippen LogP contribution in [-0.4, -0.2) is 69.9 Å². The van der Waals surface area contributed by atoms with E-state index in [-0.39, 0.29) is 18.2 Å². The smallest absolute Gasteiger partial charge is 0.341 e. The fourth-order valence-electron chi connectivity index (χ4n) is 3.72. The molecule has 33 heavy (non-hydrogen) atoms. The number of nitrogens with one attached hydrogen (secondary N) is 2. The van der Waals surface area contributed by atoms with Gasteiger partial charge in [0.15, 0.2) is 0 Å². The van der Waals surface area contributed by atoms with E-state index in [1.165, 1.54) is 12.8 Å². The monoisotopic (exact) mass is 474 g/mol. The molecule has 0 aliphatic carbocycles. The van der Waals surface area contributed by atoms with Gasteiger partial charge >= 0.3 is 12.0 Å².